The molecule has 1 nitrogen and oxygen atoms in total. The minimum atomic E-state index is -2.31. The summed E-state index contributed by atoms with van der Waals surface area (Å²) in [5.74, 6) is 0. The van der Waals surface area contributed by atoms with Crippen molar-refractivity contribution in [1.82, 2.24) is 0 Å². The van der Waals surface area contributed by atoms with E-state index >= 15 is 0 Å². The van der Waals surface area contributed by atoms with Crippen molar-refractivity contribution in [3.63, 3.8) is 0 Å². The van der Waals surface area contributed by atoms with Crippen molar-refractivity contribution in [2.24, 2.45) is 0 Å². The van der Waals surface area contributed by atoms with Crippen LogP contribution in [0, 0.1) is 0 Å². The number of hydrogen-bond acceptors (Lipinski definition) is 1. The Labute approximate surface area is 74.3 Å². The van der Waals surface area contributed by atoms with Crippen molar-refractivity contribution in [3.8, 4) is 0 Å². The topological polar surface area (TPSA) is 9.23 Å². The van der Waals surface area contributed by atoms with Crippen LogP contribution in [0.2, 0.25) is 25.7 Å². The van der Waals surface area contributed by atoms with Crippen molar-refractivity contribution in [1.29, 1.82) is 0 Å². The van der Waals surface area contributed by atoms with Gasteiger partial charge in [0.25, 0.3) is 0 Å². The maximum Gasteiger partial charge on any atom is 0.379 e. The number of hydrogen-bond donors (Lipinski definition) is 0. The SMILES string of the molecule is CC[Si](Cl)(Cl)O[Si](C)(C)C. The summed E-state index contributed by atoms with van der Waals surface area (Å²) in [6.07, 6.45) is 0. The van der Waals surface area contributed by atoms with E-state index in [-0.39, 0.29) is 0 Å². The molecule has 0 amide bonds. The minimum absolute atomic E-state index is 0.764. The fraction of sp³-hybridized carbons (Fsp3) is 1.00. The van der Waals surface area contributed by atoms with E-state index in [1.54, 1.807) is 0 Å². The molecule has 0 aromatic carbocycles. The highest BCUT2D eigenvalue weighted by Gasteiger charge is 2.33. The van der Waals surface area contributed by atoms with Crippen LogP contribution in [0.4, 0.5) is 0 Å². The molecule has 0 saturated carbocycles. The lowest BCUT2D eigenvalue weighted by atomic mass is 11.0. The maximum absolute atomic E-state index is 5.92. The van der Waals surface area contributed by atoms with Gasteiger partial charge in [-0.25, -0.2) is 0 Å². The van der Waals surface area contributed by atoms with E-state index in [0.29, 0.717) is 0 Å². The van der Waals surface area contributed by atoms with Crippen LogP contribution in [0.15, 0.2) is 0 Å². The molecule has 62 valence electrons. The van der Waals surface area contributed by atoms with Gasteiger partial charge in [0.05, 0.1) is 0 Å². The highest BCUT2D eigenvalue weighted by atomic mass is 35.7. The molecule has 0 unspecified atom stereocenters. The first kappa shape index (κ1) is 11.0. The molecule has 0 aliphatic rings. The third-order valence-electron chi connectivity index (χ3n) is 0.867. The molecular formula is C5H14Cl2OSi2. The molecule has 5 heteroatoms. The summed E-state index contributed by atoms with van der Waals surface area (Å²) < 4.78 is 5.58. The van der Waals surface area contributed by atoms with Crippen LogP contribution in [0.3, 0.4) is 0 Å². The Balaban J connectivity index is 3.89. The fourth-order valence-electron chi connectivity index (χ4n) is 0.520. The van der Waals surface area contributed by atoms with E-state index < -0.39 is 15.3 Å². The van der Waals surface area contributed by atoms with Gasteiger partial charge in [-0.3, -0.25) is 0 Å². The Hall–Kier alpha value is 0.974. The third-order valence-corrected chi connectivity index (χ3v) is 8.33. The standard InChI is InChI=1S/C5H14Cl2OSi2/c1-5-10(6,7)8-9(2,3)4/h5H2,1-4H3. The first-order valence-corrected chi connectivity index (χ1v) is 10.9. The van der Waals surface area contributed by atoms with E-state index in [9.17, 15) is 0 Å². The van der Waals surface area contributed by atoms with Crippen molar-refractivity contribution in [2.45, 2.75) is 32.6 Å². The molecule has 10 heavy (non-hydrogen) atoms. The lowest BCUT2D eigenvalue weighted by molar-refractivity contribution is 0.580. The Morgan fingerprint density at radius 2 is 1.60 bits per heavy atom. The lowest BCUT2D eigenvalue weighted by Gasteiger charge is -2.25. The van der Waals surface area contributed by atoms with Gasteiger partial charge in [-0.1, -0.05) is 6.92 Å². The van der Waals surface area contributed by atoms with Gasteiger partial charge >= 0.3 is 6.94 Å². The molecule has 0 fully saturated rings. The van der Waals surface area contributed by atoms with Gasteiger partial charge in [0.1, 0.15) is 0 Å². The fourth-order valence-corrected chi connectivity index (χ4v) is 8.85. The van der Waals surface area contributed by atoms with Gasteiger partial charge in [0.2, 0.25) is 0 Å². The summed E-state index contributed by atoms with van der Waals surface area (Å²) in [5.41, 5.74) is 0. The van der Waals surface area contributed by atoms with Gasteiger partial charge < -0.3 is 4.12 Å². The predicted molar refractivity (Wildman–Crippen MR) is 52.4 cm³/mol. The van der Waals surface area contributed by atoms with E-state index in [1.165, 1.54) is 0 Å². The summed E-state index contributed by atoms with van der Waals surface area (Å²) in [6, 6.07) is 0.764. The van der Waals surface area contributed by atoms with Crippen LogP contribution in [0.1, 0.15) is 6.92 Å². The molecule has 0 aromatic heterocycles. The van der Waals surface area contributed by atoms with Gasteiger partial charge in [0.15, 0.2) is 8.32 Å². The third kappa shape index (κ3) is 5.74. The normalized spacial score (nSPS) is 13.8. The molecule has 0 saturated heterocycles. The summed E-state index contributed by atoms with van der Waals surface area (Å²) in [5, 5.41) is 0. The molecular weight excluding hydrogens is 203 g/mol. The van der Waals surface area contributed by atoms with Crippen LogP contribution in [-0.2, 0) is 4.12 Å². The van der Waals surface area contributed by atoms with Gasteiger partial charge in [-0.15, -0.1) is 22.2 Å². The molecule has 0 aromatic rings. The van der Waals surface area contributed by atoms with Crippen molar-refractivity contribution in [2.75, 3.05) is 0 Å². The first-order valence-electron chi connectivity index (χ1n) is 3.35. The second-order valence-corrected chi connectivity index (χ2v) is 14.5. The minimum Gasteiger partial charge on any atom is -0.434 e. The maximum atomic E-state index is 5.92. The van der Waals surface area contributed by atoms with Crippen LogP contribution in [-0.4, -0.2) is 15.3 Å². The molecule has 0 aliphatic heterocycles. The smallest absolute Gasteiger partial charge is 0.379 e. The highest BCUT2D eigenvalue weighted by Crippen LogP contribution is 2.25. The summed E-state index contributed by atoms with van der Waals surface area (Å²) in [4.78, 5) is 0. The molecule has 0 radical (unpaired) electrons. The molecule has 0 bridgehead atoms. The first-order chi connectivity index (χ1) is 4.27. The Bertz CT molecular complexity index is 111. The van der Waals surface area contributed by atoms with Crippen LogP contribution in [0.5, 0.6) is 0 Å². The molecule has 0 spiro atoms. The number of halogens is 2. The van der Waals surface area contributed by atoms with E-state index in [2.05, 4.69) is 19.6 Å². The predicted octanol–water partition coefficient (Wildman–Crippen LogP) is 3.27. The Morgan fingerprint density at radius 1 is 1.20 bits per heavy atom. The van der Waals surface area contributed by atoms with E-state index in [4.69, 9.17) is 26.3 Å². The van der Waals surface area contributed by atoms with Gasteiger partial charge in [0, 0.05) is 0 Å². The van der Waals surface area contributed by atoms with E-state index in [1.807, 2.05) is 6.92 Å². The van der Waals surface area contributed by atoms with Gasteiger partial charge in [-0.05, 0) is 25.7 Å². The average Bonchev–Trinajstić information content (AvgIpc) is 1.60. The average molecular weight is 217 g/mol. The van der Waals surface area contributed by atoms with Crippen molar-refractivity contribution in [3.05, 3.63) is 0 Å². The van der Waals surface area contributed by atoms with Crippen molar-refractivity contribution < 1.29 is 4.12 Å². The second-order valence-electron chi connectivity index (χ2n) is 3.21. The quantitative estimate of drug-likeness (QED) is 0.520. The summed E-state index contributed by atoms with van der Waals surface area (Å²) in [7, 11) is -1.52. The molecule has 0 rings (SSSR count). The largest absolute Gasteiger partial charge is 0.434 e. The zero-order valence-electron chi connectivity index (χ0n) is 6.87. The summed E-state index contributed by atoms with van der Waals surface area (Å²) in [6.45, 7) is 5.94. The highest BCUT2D eigenvalue weighted by molar-refractivity contribution is 7.43. The van der Waals surface area contributed by atoms with Gasteiger partial charge in [-0.2, -0.15) is 0 Å². The number of rotatable bonds is 3. The monoisotopic (exact) mass is 216 g/mol. The Morgan fingerprint density at radius 3 is 1.70 bits per heavy atom. The summed E-state index contributed by atoms with van der Waals surface area (Å²) >= 11 is 11.8. The Kier molecular flexibility index (Phi) is 3.93. The van der Waals surface area contributed by atoms with Crippen LogP contribution < -0.4 is 0 Å². The van der Waals surface area contributed by atoms with E-state index in [0.717, 1.165) is 6.04 Å². The van der Waals surface area contributed by atoms with Crippen molar-refractivity contribution >= 4 is 37.4 Å². The van der Waals surface area contributed by atoms with Crippen LogP contribution >= 0.6 is 22.2 Å². The zero-order valence-corrected chi connectivity index (χ0v) is 10.4. The second kappa shape index (κ2) is 3.58. The molecule has 0 atom stereocenters. The molecule has 0 heterocycles. The van der Waals surface area contributed by atoms with Crippen LogP contribution in [0.25, 0.3) is 0 Å². The molecule has 0 aliphatic carbocycles. The lowest BCUT2D eigenvalue weighted by Crippen LogP contribution is -2.38. The molecule has 0 N–H and O–H groups in total. The zero-order chi connectivity index (χ0) is 8.41.